The molecule has 0 radical (unpaired) electrons. The Morgan fingerprint density at radius 3 is 2.80 bits per heavy atom. The zero-order valence-corrected chi connectivity index (χ0v) is 9.05. The van der Waals surface area contributed by atoms with Crippen LogP contribution >= 0.6 is 12.4 Å². The van der Waals surface area contributed by atoms with Gasteiger partial charge in [0.05, 0.1) is 0 Å². The van der Waals surface area contributed by atoms with Crippen molar-refractivity contribution in [2.45, 2.75) is 6.54 Å². The fourth-order valence-corrected chi connectivity index (χ4v) is 2.00. The molecule has 1 aliphatic rings. The smallest absolute Gasteiger partial charge is 0.0401 e. The molecule has 1 heterocycles. The van der Waals surface area contributed by atoms with Gasteiger partial charge in [0.25, 0.3) is 0 Å². The summed E-state index contributed by atoms with van der Waals surface area (Å²) in [5.41, 5.74) is 2.74. The van der Waals surface area contributed by atoms with Crippen LogP contribution in [0.1, 0.15) is 11.1 Å². The molecular formula is C13H12ClN. The molecule has 2 aromatic carbocycles. The SMILES string of the molecule is C1=Cc2c(ccc3ccccc23)CN1.Cl. The molecule has 0 atom stereocenters. The number of benzene rings is 2. The number of rotatable bonds is 0. The zero-order chi connectivity index (χ0) is 9.38. The quantitative estimate of drug-likeness (QED) is 0.714. The third kappa shape index (κ3) is 1.59. The van der Waals surface area contributed by atoms with Crippen LogP contribution in [-0.4, -0.2) is 0 Å². The van der Waals surface area contributed by atoms with Crippen LogP contribution in [0.15, 0.2) is 42.6 Å². The number of nitrogens with one attached hydrogen (secondary N) is 1. The van der Waals surface area contributed by atoms with Crippen molar-refractivity contribution in [3.05, 3.63) is 53.7 Å². The van der Waals surface area contributed by atoms with Gasteiger partial charge in [-0.15, -0.1) is 12.4 Å². The average molecular weight is 218 g/mol. The predicted molar refractivity (Wildman–Crippen MR) is 67.1 cm³/mol. The molecular weight excluding hydrogens is 206 g/mol. The monoisotopic (exact) mass is 217 g/mol. The minimum absolute atomic E-state index is 0. The van der Waals surface area contributed by atoms with E-state index in [9.17, 15) is 0 Å². The molecule has 0 fully saturated rings. The summed E-state index contributed by atoms with van der Waals surface area (Å²) in [5, 5.41) is 5.89. The van der Waals surface area contributed by atoms with Gasteiger partial charge in [0, 0.05) is 6.54 Å². The van der Waals surface area contributed by atoms with Crippen molar-refractivity contribution in [2.24, 2.45) is 0 Å². The summed E-state index contributed by atoms with van der Waals surface area (Å²) in [6.07, 6.45) is 4.18. The van der Waals surface area contributed by atoms with Gasteiger partial charge in [0.2, 0.25) is 0 Å². The van der Waals surface area contributed by atoms with E-state index in [0.717, 1.165) is 6.54 Å². The second-order valence-electron chi connectivity index (χ2n) is 3.57. The Morgan fingerprint density at radius 1 is 1.00 bits per heavy atom. The van der Waals surface area contributed by atoms with Crippen molar-refractivity contribution in [1.82, 2.24) is 5.32 Å². The maximum Gasteiger partial charge on any atom is 0.0401 e. The third-order valence-electron chi connectivity index (χ3n) is 2.72. The highest BCUT2D eigenvalue weighted by Gasteiger charge is 2.06. The lowest BCUT2D eigenvalue weighted by Gasteiger charge is -2.14. The van der Waals surface area contributed by atoms with Crippen molar-refractivity contribution < 1.29 is 0 Å². The van der Waals surface area contributed by atoms with Crippen LogP contribution < -0.4 is 5.32 Å². The Morgan fingerprint density at radius 2 is 1.87 bits per heavy atom. The van der Waals surface area contributed by atoms with Crippen molar-refractivity contribution in [3.63, 3.8) is 0 Å². The van der Waals surface area contributed by atoms with Crippen LogP contribution in [0.2, 0.25) is 0 Å². The van der Waals surface area contributed by atoms with Gasteiger partial charge in [-0.25, -0.2) is 0 Å². The van der Waals surface area contributed by atoms with E-state index < -0.39 is 0 Å². The Labute approximate surface area is 95.2 Å². The number of hydrogen-bond donors (Lipinski definition) is 1. The lowest BCUT2D eigenvalue weighted by atomic mass is 9.97. The van der Waals surface area contributed by atoms with E-state index in [-0.39, 0.29) is 12.4 Å². The molecule has 3 rings (SSSR count). The molecule has 76 valence electrons. The van der Waals surface area contributed by atoms with Gasteiger partial charge in [0.1, 0.15) is 0 Å². The van der Waals surface area contributed by atoms with Crippen LogP contribution in [-0.2, 0) is 6.54 Å². The summed E-state index contributed by atoms with van der Waals surface area (Å²) in [6.45, 7) is 0.941. The van der Waals surface area contributed by atoms with Crippen LogP contribution in [0, 0.1) is 0 Å². The topological polar surface area (TPSA) is 12.0 Å². The first-order valence-corrected chi connectivity index (χ1v) is 4.86. The summed E-state index contributed by atoms with van der Waals surface area (Å²) in [4.78, 5) is 0. The highest BCUT2D eigenvalue weighted by molar-refractivity contribution is 5.92. The van der Waals surface area contributed by atoms with Crippen molar-refractivity contribution >= 4 is 29.3 Å². The molecule has 15 heavy (non-hydrogen) atoms. The van der Waals surface area contributed by atoms with E-state index in [2.05, 4.69) is 47.8 Å². The molecule has 0 aliphatic carbocycles. The third-order valence-corrected chi connectivity index (χ3v) is 2.72. The minimum atomic E-state index is 0. The van der Waals surface area contributed by atoms with Gasteiger partial charge in [-0.05, 0) is 34.2 Å². The number of hydrogen-bond acceptors (Lipinski definition) is 1. The van der Waals surface area contributed by atoms with Crippen LogP contribution in [0.3, 0.4) is 0 Å². The lowest BCUT2D eigenvalue weighted by Crippen LogP contribution is -2.10. The first-order valence-electron chi connectivity index (χ1n) is 4.86. The second-order valence-corrected chi connectivity index (χ2v) is 3.57. The first kappa shape index (κ1) is 10.1. The van der Waals surface area contributed by atoms with Crippen LogP contribution in [0.25, 0.3) is 16.8 Å². The highest BCUT2D eigenvalue weighted by atomic mass is 35.5. The second kappa shape index (κ2) is 3.95. The van der Waals surface area contributed by atoms with Gasteiger partial charge in [0.15, 0.2) is 0 Å². The van der Waals surface area contributed by atoms with E-state index in [1.54, 1.807) is 0 Å². The molecule has 0 saturated heterocycles. The number of fused-ring (bicyclic) bond motifs is 3. The molecule has 0 aromatic heterocycles. The predicted octanol–water partition coefficient (Wildman–Crippen LogP) is 3.34. The Hall–Kier alpha value is -1.47. The molecule has 1 nitrogen and oxygen atoms in total. The highest BCUT2D eigenvalue weighted by Crippen LogP contribution is 2.25. The summed E-state index contributed by atoms with van der Waals surface area (Å²) in [7, 11) is 0. The number of halogens is 1. The summed E-state index contributed by atoms with van der Waals surface area (Å²) in [5.74, 6) is 0. The van der Waals surface area contributed by atoms with Gasteiger partial charge in [-0.2, -0.15) is 0 Å². The largest absolute Gasteiger partial charge is 0.387 e. The van der Waals surface area contributed by atoms with E-state index in [1.165, 1.54) is 21.9 Å². The fraction of sp³-hybridized carbons (Fsp3) is 0.0769. The fourth-order valence-electron chi connectivity index (χ4n) is 2.00. The standard InChI is InChI=1S/C13H11N.ClH/c1-2-4-12-10(3-1)5-6-11-9-14-8-7-13(11)12;/h1-8,14H,9H2;1H. The van der Waals surface area contributed by atoms with Crippen molar-refractivity contribution in [2.75, 3.05) is 0 Å². The molecule has 0 amide bonds. The van der Waals surface area contributed by atoms with Gasteiger partial charge < -0.3 is 5.32 Å². The van der Waals surface area contributed by atoms with E-state index in [1.807, 2.05) is 6.20 Å². The van der Waals surface area contributed by atoms with Crippen LogP contribution in [0.5, 0.6) is 0 Å². The Bertz CT molecular complexity index is 517. The molecule has 1 N–H and O–H groups in total. The Balaban J connectivity index is 0.000000853. The van der Waals surface area contributed by atoms with E-state index in [4.69, 9.17) is 0 Å². The molecule has 0 saturated carbocycles. The van der Waals surface area contributed by atoms with E-state index >= 15 is 0 Å². The lowest BCUT2D eigenvalue weighted by molar-refractivity contribution is 0.861. The van der Waals surface area contributed by atoms with Crippen molar-refractivity contribution in [3.8, 4) is 0 Å². The normalized spacial score (nSPS) is 12.8. The van der Waals surface area contributed by atoms with Gasteiger partial charge in [-0.3, -0.25) is 0 Å². The molecule has 1 aliphatic heterocycles. The maximum absolute atomic E-state index is 3.23. The molecule has 2 heteroatoms. The summed E-state index contributed by atoms with van der Waals surface area (Å²) >= 11 is 0. The summed E-state index contributed by atoms with van der Waals surface area (Å²) in [6, 6.07) is 12.9. The Kier molecular flexibility index (Phi) is 2.65. The van der Waals surface area contributed by atoms with Crippen LogP contribution in [0.4, 0.5) is 0 Å². The van der Waals surface area contributed by atoms with Crippen molar-refractivity contribution in [1.29, 1.82) is 0 Å². The molecule has 0 unspecified atom stereocenters. The molecule has 0 spiro atoms. The first-order chi connectivity index (χ1) is 6.95. The van der Waals surface area contributed by atoms with Gasteiger partial charge in [-0.1, -0.05) is 36.4 Å². The summed E-state index contributed by atoms with van der Waals surface area (Å²) < 4.78 is 0. The molecule has 0 bridgehead atoms. The molecule has 2 aromatic rings. The maximum atomic E-state index is 3.23. The average Bonchev–Trinajstić information content (AvgIpc) is 2.29. The zero-order valence-electron chi connectivity index (χ0n) is 8.23. The van der Waals surface area contributed by atoms with E-state index in [0.29, 0.717) is 0 Å². The minimum Gasteiger partial charge on any atom is -0.387 e. The van der Waals surface area contributed by atoms with Gasteiger partial charge >= 0.3 is 0 Å².